The van der Waals surface area contributed by atoms with Gasteiger partial charge in [0.05, 0.1) is 11.1 Å². The SMILES string of the molecule is O=S(=O)(Oc1ccc2cc(-c3ccc(-c4cc(C(F)(F)F)cc(C(F)(F)F)c4)cc3)ccc2c1)C(F)(F)F. The molecule has 0 bridgehead atoms. The van der Waals surface area contributed by atoms with Crippen molar-refractivity contribution in [1.82, 2.24) is 0 Å². The molecule has 3 nitrogen and oxygen atoms in total. The van der Waals surface area contributed by atoms with E-state index in [4.69, 9.17) is 0 Å². The third-order valence-corrected chi connectivity index (χ3v) is 6.42. The van der Waals surface area contributed by atoms with Crippen LogP contribution in [0.2, 0.25) is 0 Å². The highest BCUT2D eigenvalue weighted by Crippen LogP contribution is 2.39. The molecular weight excluding hydrogens is 551 g/mol. The lowest BCUT2D eigenvalue weighted by Crippen LogP contribution is -2.28. The van der Waals surface area contributed by atoms with Crippen LogP contribution < -0.4 is 4.18 Å². The van der Waals surface area contributed by atoms with Crippen molar-refractivity contribution >= 4 is 20.9 Å². The minimum atomic E-state index is -5.84. The van der Waals surface area contributed by atoms with Gasteiger partial charge in [-0.15, -0.1) is 0 Å². The summed E-state index contributed by atoms with van der Waals surface area (Å²) in [6.45, 7) is 0. The Kier molecular flexibility index (Phi) is 6.63. The Labute approximate surface area is 209 Å². The van der Waals surface area contributed by atoms with E-state index in [1.807, 2.05) is 0 Å². The molecule has 0 radical (unpaired) electrons. The van der Waals surface area contributed by atoms with E-state index >= 15 is 0 Å². The van der Waals surface area contributed by atoms with Crippen LogP contribution in [0.4, 0.5) is 39.5 Å². The van der Waals surface area contributed by atoms with Crippen molar-refractivity contribution < 1.29 is 52.1 Å². The van der Waals surface area contributed by atoms with E-state index in [2.05, 4.69) is 4.18 Å². The van der Waals surface area contributed by atoms with Crippen LogP contribution in [0, 0.1) is 0 Å². The van der Waals surface area contributed by atoms with Gasteiger partial charge in [-0.25, -0.2) is 0 Å². The predicted molar refractivity (Wildman–Crippen MR) is 120 cm³/mol. The van der Waals surface area contributed by atoms with Crippen molar-refractivity contribution in [3.63, 3.8) is 0 Å². The highest BCUT2D eigenvalue weighted by Gasteiger charge is 2.48. The first-order valence-electron chi connectivity index (χ1n) is 10.4. The van der Waals surface area contributed by atoms with E-state index in [1.165, 1.54) is 36.4 Å². The van der Waals surface area contributed by atoms with E-state index in [0.29, 0.717) is 34.0 Å². The zero-order valence-electron chi connectivity index (χ0n) is 18.5. The lowest BCUT2D eigenvalue weighted by atomic mass is 9.96. The topological polar surface area (TPSA) is 43.4 Å². The van der Waals surface area contributed by atoms with E-state index in [9.17, 15) is 47.9 Å². The van der Waals surface area contributed by atoms with Crippen molar-refractivity contribution in [2.24, 2.45) is 0 Å². The lowest BCUT2D eigenvalue weighted by Gasteiger charge is -2.14. The fourth-order valence-corrected chi connectivity index (χ4v) is 4.06. The molecule has 38 heavy (non-hydrogen) atoms. The van der Waals surface area contributed by atoms with Crippen LogP contribution in [-0.4, -0.2) is 13.9 Å². The van der Waals surface area contributed by atoms with Gasteiger partial charge in [-0.05, 0) is 69.4 Å². The Balaban J connectivity index is 1.65. The summed E-state index contributed by atoms with van der Waals surface area (Å²) in [5, 5.41) is 0.847. The molecule has 0 aliphatic carbocycles. The van der Waals surface area contributed by atoms with Crippen molar-refractivity contribution in [2.45, 2.75) is 17.9 Å². The van der Waals surface area contributed by atoms with Crippen LogP contribution in [0.1, 0.15) is 11.1 Å². The molecule has 0 saturated heterocycles. The van der Waals surface area contributed by atoms with Crippen molar-refractivity contribution in [3.8, 4) is 28.0 Å². The van der Waals surface area contributed by atoms with E-state index < -0.39 is 44.9 Å². The number of hydrogen-bond acceptors (Lipinski definition) is 3. The summed E-state index contributed by atoms with van der Waals surface area (Å²) in [5.74, 6) is -0.550. The Morgan fingerprint density at radius 1 is 0.500 bits per heavy atom. The third kappa shape index (κ3) is 5.72. The fourth-order valence-electron chi connectivity index (χ4n) is 3.61. The van der Waals surface area contributed by atoms with Crippen molar-refractivity contribution in [2.75, 3.05) is 0 Å². The Hall–Kier alpha value is -3.74. The van der Waals surface area contributed by atoms with Crippen LogP contribution in [-0.2, 0) is 22.5 Å². The van der Waals surface area contributed by atoms with Gasteiger partial charge in [0.15, 0.2) is 0 Å². The molecule has 0 fully saturated rings. The second-order valence-corrected chi connectivity index (χ2v) is 9.62. The minimum absolute atomic E-state index is 0.0436. The molecule has 0 spiro atoms. The summed E-state index contributed by atoms with van der Waals surface area (Å²) in [6.07, 6.45) is -9.97. The Morgan fingerprint density at radius 3 is 1.45 bits per heavy atom. The molecule has 200 valence electrons. The van der Waals surface area contributed by atoms with Crippen LogP contribution in [0.5, 0.6) is 5.75 Å². The maximum atomic E-state index is 13.2. The van der Waals surface area contributed by atoms with E-state index in [0.717, 1.165) is 12.1 Å². The van der Waals surface area contributed by atoms with Gasteiger partial charge < -0.3 is 4.18 Å². The van der Waals surface area contributed by atoms with Crippen molar-refractivity contribution in [1.29, 1.82) is 0 Å². The monoisotopic (exact) mass is 564 g/mol. The van der Waals surface area contributed by atoms with Gasteiger partial charge in [-0.3, -0.25) is 0 Å². The second kappa shape index (κ2) is 9.22. The molecule has 13 heteroatoms. The first kappa shape index (κ1) is 27.3. The Bertz CT molecular complexity index is 1570. The summed E-state index contributed by atoms with van der Waals surface area (Å²) in [4.78, 5) is 0. The first-order chi connectivity index (χ1) is 17.4. The van der Waals surface area contributed by atoms with Gasteiger partial charge in [0, 0.05) is 0 Å². The number of hydrogen-bond donors (Lipinski definition) is 0. The molecule has 0 saturated carbocycles. The summed E-state index contributed by atoms with van der Waals surface area (Å²) < 4.78 is 143. The molecule has 0 amide bonds. The van der Waals surface area contributed by atoms with E-state index in [1.54, 1.807) is 12.1 Å². The smallest absolute Gasteiger partial charge is 0.376 e. The highest BCUT2D eigenvalue weighted by atomic mass is 32.2. The number of rotatable bonds is 4. The quantitative estimate of drug-likeness (QED) is 0.142. The Morgan fingerprint density at radius 2 is 0.947 bits per heavy atom. The fraction of sp³-hybridized carbons (Fsp3) is 0.120. The van der Waals surface area contributed by atoms with Gasteiger partial charge in [-0.1, -0.05) is 42.5 Å². The minimum Gasteiger partial charge on any atom is -0.376 e. The summed E-state index contributed by atoms with van der Waals surface area (Å²) in [7, 11) is -5.84. The van der Waals surface area contributed by atoms with Crippen LogP contribution >= 0.6 is 0 Å². The summed E-state index contributed by atoms with van der Waals surface area (Å²) >= 11 is 0. The molecule has 0 heterocycles. The second-order valence-electron chi connectivity index (χ2n) is 8.08. The normalized spacial score (nSPS) is 13.1. The highest BCUT2D eigenvalue weighted by molar-refractivity contribution is 7.88. The standard InChI is InChI=1S/C25H13F9O3S/c26-23(27,28)20-10-19(11-21(13-20)24(29,30)31)15-3-1-14(2-4-15)16-5-6-18-12-22(8-7-17(18)9-16)37-38(35,36)25(32,33)34/h1-13H. The van der Waals surface area contributed by atoms with Crippen LogP contribution in [0.3, 0.4) is 0 Å². The average molecular weight is 564 g/mol. The molecule has 0 unspecified atom stereocenters. The van der Waals surface area contributed by atoms with Gasteiger partial charge in [0.1, 0.15) is 5.75 Å². The number of alkyl halides is 9. The largest absolute Gasteiger partial charge is 0.534 e. The molecular formula is C25H13F9O3S. The number of benzene rings is 4. The maximum Gasteiger partial charge on any atom is 0.534 e. The van der Waals surface area contributed by atoms with Gasteiger partial charge >= 0.3 is 28.0 Å². The first-order valence-corrected chi connectivity index (χ1v) is 11.8. The summed E-state index contributed by atoms with van der Waals surface area (Å²) in [6, 6.07) is 15.1. The maximum absolute atomic E-state index is 13.2. The zero-order valence-corrected chi connectivity index (χ0v) is 19.4. The van der Waals surface area contributed by atoms with Gasteiger partial charge in [0.2, 0.25) is 0 Å². The molecule has 0 aliphatic rings. The molecule has 0 aromatic heterocycles. The molecule has 4 aromatic carbocycles. The zero-order chi connectivity index (χ0) is 28.1. The molecule has 0 N–H and O–H groups in total. The average Bonchev–Trinajstić information content (AvgIpc) is 2.81. The summed E-state index contributed by atoms with van der Waals surface area (Å²) in [5.41, 5.74) is -7.53. The van der Waals surface area contributed by atoms with Crippen LogP contribution in [0.25, 0.3) is 33.0 Å². The molecule has 0 aliphatic heterocycles. The number of fused-ring (bicyclic) bond motifs is 1. The predicted octanol–water partition coefficient (Wildman–Crippen LogP) is 8.44. The molecule has 4 aromatic rings. The van der Waals surface area contributed by atoms with Crippen molar-refractivity contribution in [3.05, 3.63) is 90.0 Å². The molecule has 4 rings (SSSR count). The third-order valence-electron chi connectivity index (χ3n) is 5.44. The molecule has 0 atom stereocenters. The van der Waals surface area contributed by atoms with Gasteiger partial charge in [0.25, 0.3) is 0 Å². The van der Waals surface area contributed by atoms with Gasteiger partial charge in [-0.2, -0.15) is 47.9 Å². The lowest BCUT2D eigenvalue weighted by molar-refractivity contribution is -0.143. The van der Waals surface area contributed by atoms with E-state index in [-0.39, 0.29) is 17.2 Å². The number of halogens is 9. The van der Waals surface area contributed by atoms with Crippen LogP contribution in [0.15, 0.2) is 78.9 Å².